The van der Waals surface area contributed by atoms with Gasteiger partial charge in [-0.25, -0.2) is 0 Å². The summed E-state index contributed by atoms with van der Waals surface area (Å²) in [5, 5.41) is 6.33. The summed E-state index contributed by atoms with van der Waals surface area (Å²) in [6.45, 7) is 3.16. The minimum absolute atomic E-state index is 1.03. The van der Waals surface area contributed by atoms with E-state index in [1.807, 2.05) is 7.05 Å². The molecule has 0 aromatic carbocycles. The van der Waals surface area contributed by atoms with Crippen LogP contribution in [0.5, 0.6) is 0 Å². The van der Waals surface area contributed by atoms with Crippen molar-refractivity contribution in [3.63, 3.8) is 0 Å². The second kappa shape index (κ2) is 2.84. The van der Waals surface area contributed by atoms with Crippen LogP contribution in [-0.4, -0.2) is 26.7 Å². The third kappa shape index (κ3) is 1.32. The lowest BCUT2D eigenvalue weighted by Crippen LogP contribution is -2.15. The molecule has 0 atom stereocenters. The minimum atomic E-state index is 1.03. The first-order chi connectivity index (χ1) is 3.93. The lowest BCUT2D eigenvalue weighted by Gasteiger charge is -1.96. The first-order valence-corrected chi connectivity index (χ1v) is 2.96. The molecule has 8 heavy (non-hydrogen) atoms. The van der Waals surface area contributed by atoms with Gasteiger partial charge in [0.05, 0.1) is 0 Å². The first kappa shape index (κ1) is 5.79. The molecule has 0 aromatic heterocycles. The van der Waals surface area contributed by atoms with Gasteiger partial charge in [-0.3, -0.25) is 0 Å². The highest BCUT2D eigenvalue weighted by Gasteiger charge is 1.99. The van der Waals surface area contributed by atoms with E-state index in [0.717, 1.165) is 19.6 Å². The Balaban J connectivity index is 2.23. The summed E-state index contributed by atoms with van der Waals surface area (Å²) in [6, 6.07) is 0. The molecule has 46 valence electrons. The Morgan fingerprint density at radius 1 is 1.88 bits per heavy atom. The summed E-state index contributed by atoms with van der Waals surface area (Å²) in [6.07, 6.45) is 2.23. The maximum absolute atomic E-state index is 3.22. The van der Waals surface area contributed by atoms with Gasteiger partial charge in [-0.2, -0.15) is 0 Å². The van der Waals surface area contributed by atoms with Gasteiger partial charge in [0, 0.05) is 19.6 Å². The maximum Gasteiger partial charge on any atom is 0.0180 e. The molecule has 0 amide bonds. The van der Waals surface area contributed by atoms with Gasteiger partial charge >= 0.3 is 0 Å². The molecule has 1 rings (SSSR count). The monoisotopic (exact) mass is 112 g/mol. The molecule has 0 unspecified atom stereocenters. The van der Waals surface area contributed by atoms with E-state index in [2.05, 4.69) is 16.7 Å². The van der Waals surface area contributed by atoms with Gasteiger partial charge in [-0.05, 0) is 12.6 Å². The van der Waals surface area contributed by atoms with E-state index >= 15 is 0 Å². The van der Waals surface area contributed by atoms with Crippen molar-refractivity contribution in [1.29, 1.82) is 0 Å². The summed E-state index contributed by atoms with van der Waals surface area (Å²) in [5.74, 6) is 0. The molecule has 2 nitrogen and oxygen atoms in total. The van der Waals surface area contributed by atoms with Crippen LogP contribution in [0.3, 0.4) is 0 Å². The zero-order chi connectivity index (χ0) is 5.82. The molecule has 0 aliphatic carbocycles. The van der Waals surface area contributed by atoms with Crippen molar-refractivity contribution in [2.24, 2.45) is 0 Å². The lowest BCUT2D eigenvalue weighted by molar-refractivity contribution is 0.818. The molecule has 0 saturated carbocycles. The lowest BCUT2D eigenvalue weighted by atomic mass is 10.3. The van der Waals surface area contributed by atoms with E-state index in [1.54, 1.807) is 0 Å². The molecule has 0 saturated heterocycles. The number of likely N-dealkylation sites (N-methyl/N-ethyl adjacent to an activating group) is 1. The smallest absolute Gasteiger partial charge is 0.0180 e. The Kier molecular flexibility index (Phi) is 2.06. The molecule has 1 aliphatic heterocycles. The fraction of sp³-hybridized carbons (Fsp3) is 0.667. The first-order valence-electron chi connectivity index (χ1n) is 2.96. The van der Waals surface area contributed by atoms with Crippen molar-refractivity contribution in [2.75, 3.05) is 26.7 Å². The molecule has 0 spiro atoms. The largest absolute Gasteiger partial charge is 0.316 e. The molecule has 0 bridgehead atoms. The molecule has 2 heteroatoms. The Hall–Kier alpha value is -0.340. The Bertz CT molecular complexity index is 96.7. The van der Waals surface area contributed by atoms with Gasteiger partial charge in [-0.1, -0.05) is 6.08 Å². The van der Waals surface area contributed by atoms with Crippen LogP contribution in [0.15, 0.2) is 11.6 Å². The zero-order valence-electron chi connectivity index (χ0n) is 5.20. The quantitative estimate of drug-likeness (QED) is 0.481. The summed E-state index contributed by atoms with van der Waals surface area (Å²) < 4.78 is 0. The highest BCUT2D eigenvalue weighted by molar-refractivity contribution is 5.11. The summed E-state index contributed by atoms with van der Waals surface area (Å²) >= 11 is 0. The summed E-state index contributed by atoms with van der Waals surface area (Å²) in [4.78, 5) is 0. The van der Waals surface area contributed by atoms with Gasteiger partial charge in [0.2, 0.25) is 0 Å². The Morgan fingerprint density at radius 3 is 3.25 bits per heavy atom. The Labute approximate surface area is 50.0 Å². The third-order valence-corrected chi connectivity index (χ3v) is 1.29. The standard InChI is InChI=1S/C6H12N2/c1-7-4-6-2-3-8-5-6/h2,7-8H,3-5H2,1H3. The second-order valence-electron chi connectivity index (χ2n) is 2.02. The molecule has 0 fully saturated rings. The number of hydrogen-bond donors (Lipinski definition) is 2. The topological polar surface area (TPSA) is 24.1 Å². The second-order valence-corrected chi connectivity index (χ2v) is 2.02. The van der Waals surface area contributed by atoms with Gasteiger partial charge < -0.3 is 10.6 Å². The van der Waals surface area contributed by atoms with Crippen LogP contribution in [-0.2, 0) is 0 Å². The Morgan fingerprint density at radius 2 is 2.75 bits per heavy atom. The predicted octanol–water partition coefficient (Wildman–Crippen LogP) is -0.265. The molecular weight excluding hydrogens is 100 g/mol. The van der Waals surface area contributed by atoms with E-state index in [9.17, 15) is 0 Å². The van der Waals surface area contributed by atoms with Crippen molar-refractivity contribution >= 4 is 0 Å². The van der Waals surface area contributed by atoms with Crippen LogP contribution in [0.1, 0.15) is 0 Å². The van der Waals surface area contributed by atoms with E-state index in [-0.39, 0.29) is 0 Å². The van der Waals surface area contributed by atoms with Crippen molar-refractivity contribution in [3.05, 3.63) is 11.6 Å². The number of rotatable bonds is 2. The predicted molar refractivity (Wildman–Crippen MR) is 34.9 cm³/mol. The molecular formula is C6H12N2. The summed E-state index contributed by atoms with van der Waals surface area (Å²) in [5.41, 5.74) is 1.48. The highest BCUT2D eigenvalue weighted by Crippen LogP contribution is 1.94. The number of hydrogen-bond acceptors (Lipinski definition) is 2. The SMILES string of the molecule is CNCC1=CCNC1. The van der Waals surface area contributed by atoms with Crippen molar-refractivity contribution in [3.8, 4) is 0 Å². The van der Waals surface area contributed by atoms with Gasteiger partial charge in [-0.15, -0.1) is 0 Å². The van der Waals surface area contributed by atoms with Crippen molar-refractivity contribution < 1.29 is 0 Å². The normalized spacial score (nSPS) is 18.9. The highest BCUT2D eigenvalue weighted by atomic mass is 14.9. The molecule has 2 N–H and O–H groups in total. The maximum atomic E-state index is 3.22. The molecule has 1 aliphatic rings. The van der Waals surface area contributed by atoms with Crippen molar-refractivity contribution in [2.45, 2.75) is 0 Å². The fourth-order valence-electron chi connectivity index (χ4n) is 0.883. The van der Waals surface area contributed by atoms with Crippen LogP contribution in [0, 0.1) is 0 Å². The van der Waals surface area contributed by atoms with E-state index in [1.165, 1.54) is 5.57 Å². The van der Waals surface area contributed by atoms with E-state index < -0.39 is 0 Å². The molecule has 0 radical (unpaired) electrons. The van der Waals surface area contributed by atoms with Gasteiger partial charge in [0.15, 0.2) is 0 Å². The minimum Gasteiger partial charge on any atom is -0.316 e. The van der Waals surface area contributed by atoms with E-state index in [0.29, 0.717) is 0 Å². The zero-order valence-corrected chi connectivity index (χ0v) is 5.20. The van der Waals surface area contributed by atoms with Crippen LogP contribution in [0.2, 0.25) is 0 Å². The van der Waals surface area contributed by atoms with E-state index in [4.69, 9.17) is 0 Å². The number of nitrogens with one attached hydrogen (secondary N) is 2. The van der Waals surface area contributed by atoms with Crippen molar-refractivity contribution in [1.82, 2.24) is 10.6 Å². The van der Waals surface area contributed by atoms with Crippen LogP contribution >= 0.6 is 0 Å². The van der Waals surface area contributed by atoms with Crippen LogP contribution < -0.4 is 10.6 Å². The van der Waals surface area contributed by atoms with Gasteiger partial charge in [0.1, 0.15) is 0 Å². The van der Waals surface area contributed by atoms with Gasteiger partial charge in [0.25, 0.3) is 0 Å². The van der Waals surface area contributed by atoms with Crippen LogP contribution in [0.25, 0.3) is 0 Å². The fourth-order valence-corrected chi connectivity index (χ4v) is 0.883. The average molecular weight is 112 g/mol. The summed E-state index contributed by atoms with van der Waals surface area (Å²) in [7, 11) is 1.97. The third-order valence-electron chi connectivity index (χ3n) is 1.29. The molecule has 1 heterocycles. The molecule has 0 aromatic rings. The average Bonchev–Trinajstić information content (AvgIpc) is 2.19. The van der Waals surface area contributed by atoms with Crippen LogP contribution in [0.4, 0.5) is 0 Å².